The lowest BCUT2D eigenvalue weighted by Crippen LogP contribution is -2.24. The molecular formula is C20H20N2O5S. The van der Waals surface area contributed by atoms with Gasteiger partial charge in [0.1, 0.15) is 12.4 Å². The minimum absolute atomic E-state index is 0.0883. The molecule has 0 atom stereocenters. The second-order valence-electron chi connectivity index (χ2n) is 6.30. The highest BCUT2D eigenvalue weighted by atomic mass is 32.2. The summed E-state index contributed by atoms with van der Waals surface area (Å²) in [5, 5.41) is 0. The maximum Gasteiger partial charge on any atom is 0.328 e. The van der Waals surface area contributed by atoms with E-state index in [0.29, 0.717) is 11.1 Å². The van der Waals surface area contributed by atoms with Crippen molar-refractivity contribution in [2.24, 2.45) is 4.99 Å². The van der Waals surface area contributed by atoms with Crippen molar-refractivity contribution in [2.75, 3.05) is 13.2 Å². The van der Waals surface area contributed by atoms with Crippen LogP contribution in [-0.4, -0.2) is 39.2 Å². The van der Waals surface area contributed by atoms with Crippen molar-refractivity contribution in [3.05, 3.63) is 65.2 Å². The smallest absolute Gasteiger partial charge is 0.328 e. The zero-order chi connectivity index (χ0) is 20.1. The molecule has 0 bridgehead atoms. The van der Waals surface area contributed by atoms with E-state index >= 15 is 0 Å². The van der Waals surface area contributed by atoms with Gasteiger partial charge in [0, 0.05) is 11.1 Å². The number of benzene rings is 2. The molecule has 7 nitrogen and oxygen atoms in total. The monoisotopic (exact) mass is 400 g/mol. The van der Waals surface area contributed by atoms with Gasteiger partial charge in [-0.3, -0.25) is 19.3 Å². The molecular weight excluding hydrogens is 380 g/mol. The van der Waals surface area contributed by atoms with Gasteiger partial charge in [0.05, 0.1) is 4.90 Å². The molecule has 1 heterocycles. The van der Waals surface area contributed by atoms with Gasteiger partial charge in [-0.1, -0.05) is 49.7 Å². The molecule has 0 amide bonds. The predicted octanol–water partition coefficient (Wildman–Crippen LogP) is 2.10. The van der Waals surface area contributed by atoms with Crippen LogP contribution in [0.25, 0.3) is 0 Å². The molecule has 0 saturated heterocycles. The first-order chi connectivity index (χ1) is 13.4. The van der Waals surface area contributed by atoms with E-state index in [4.69, 9.17) is 4.74 Å². The van der Waals surface area contributed by atoms with Crippen molar-refractivity contribution in [3.63, 3.8) is 0 Å². The summed E-state index contributed by atoms with van der Waals surface area (Å²) in [6.45, 7) is 1.30. The molecule has 1 N–H and O–H groups in total. The average Bonchev–Trinajstić information content (AvgIpc) is 2.96. The molecule has 1 aliphatic heterocycles. The van der Waals surface area contributed by atoms with Crippen molar-refractivity contribution in [2.45, 2.75) is 24.7 Å². The Morgan fingerprint density at radius 1 is 1.07 bits per heavy atom. The van der Waals surface area contributed by atoms with E-state index < -0.39 is 22.5 Å². The second-order valence-corrected chi connectivity index (χ2v) is 7.95. The highest BCUT2D eigenvalue weighted by molar-refractivity contribution is 7.90. The van der Waals surface area contributed by atoms with Gasteiger partial charge in [-0.15, -0.1) is 0 Å². The Labute approximate surface area is 163 Å². The molecule has 0 aromatic heterocycles. The number of carbonyl (C=O) groups excluding carboxylic acids is 2. The summed E-state index contributed by atoms with van der Waals surface area (Å²) in [7, 11) is -3.66. The number of amidine groups is 1. The summed E-state index contributed by atoms with van der Waals surface area (Å²) in [6, 6.07) is 13.5. The number of aryl methyl sites for hydroxylation is 1. The summed E-state index contributed by atoms with van der Waals surface area (Å²) in [5.41, 5.74) is 2.01. The van der Waals surface area contributed by atoms with Crippen molar-refractivity contribution in [1.82, 2.24) is 4.72 Å². The third-order valence-corrected chi connectivity index (χ3v) is 5.60. The van der Waals surface area contributed by atoms with E-state index in [1.165, 1.54) is 6.07 Å². The Hall–Kier alpha value is -3.00. The van der Waals surface area contributed by atoms with E-state index in [2.05, 4.69) is 16.6 Å². The number of carbonyl (C=O) groups is 2. The number of nitrogens with zero attached hydrogens (tertiary/aromatic N) is 1. The maximum absolute atomic E-state index is 12.1. The Kier molecular flexibility index (Phi) is 5.89. The first-order valence-corrected chi connectivity index (χ1v) is 10.3. The number of sulfonamides is 1. The molecule has 2 aromatic carbocycles. The van der Waals surface area contributed by atoms with Gasteiger partial charge in [-0.25, -0.2) is 8.42 Å². The van der Waals surface area contributed by atoms with Crippen LogP contribution in [0.4, 0.5) is 0 Å². The summed E-state index contributed by atoms with van der Waals surface area (Å²) >= 11 is 0. The lowest BCUT2D eigenvalue weighted by atomic mass is 10.1. The summed E-state index contributed by atoms with van der Waals surface area (Å²) in [6.07, 6.45) is 1.96. The fourth-order valence-electron chi connectivity index (χ4n) is 2.82. The van der Waals surface area contributed by atoms with Crippen LogP contribution in [0.15, 0.2) is 58.4 Å². The molecule has 28 heavy (non-hydrogen) atoms. The average molecular weight is 400 g/mol. The predicted molar refractivity (Wildman–Crippen MR) is 104 cm³/mol. The fourth-order valence-corrected chi connectivity index (χ4v) is 4.07. The van der Waals surface area contributed by atoms with Crippen LogP contribution in [0.2, 0.25) is 0 Å². The van der Waals surface area contributed by atoms with Crippen LogP contribution in [0.1, 0.15) is 34.8 Å². The third kappa shape index (κ3) is 4.45. The number of ketones is 1. The molecule has 8 heteroatoms. The molecule has 0 unspecified atom stereocenters. The minimum atomic E-state index is -3.66. The molecule has 0 aliphatic carbocycles. The number of nitrogens with one attached hydrogen (secondary N) is 1. The zero-order valence-corrected chi connectivity index (χ0v) is 16.2. The number of Topliss-reactive ketones (excluding diaryl/α,β-unsaturated/α-hetero) is 1. The van der Waals surface area contributed by atoms with Crippen LogP contribution in [0, 0.1) is 0 Å². The van der Waals surface area contributed by atoms with Crippen LogP contribution in [0.3, 0.4) is 0 Å². The topological polar surface area (TPSA) is 102 Å². The number of ether oxygens (including phenoxy) is 1. The molecule has 146 valence electrons. The number of fused-ring (bicyclic) bond motifs is 1. The summed E-state index contributed by atoms with van der Waals surface area (Å²) in [4.78, 5) is 28.1. The quantitative estimate of drug-likeness (QED) is 0.566. The number of rotatable bonds is 7. The Balaban J connectivity index is 1.56. The van der Waals surface area contributed by atoms with E-state index in [9.17, 15) is 18.0 Å². The van der Waals surface area contributed by atoms with Gasteiger partial charge < -0.3 is 4.74 Å². The van der Waals surface area contributed by atoms with Gasteiger partial charge in [0.2, 0.25) is 0 Å². The van der Waals surface area contributed by atoms with Crippen molar-refractivity contribution in [3.8, 4) is 0 Å². The lowest BCUT2D eigenvalue weighted by molar-refractivity contribution is -0.140. The Morgan fingerprint density at radius 2 is 1.79 bits per heavy atom. The van der Waals surface area contributed by atoms with Crippen LogP contribution < -0.4 is 4.72 Å². The van der Waals surface area contributed by atoms with E-state index in [0.717, 1.165) is 18.4 Å². The third-order valence-electron chi connectivity index (χ3n) is 4.21. The molecule has 1 aliphatic rings. The molecule has 0 spiro atoms. The normalized spacial score (nSPS) is 15.7. The number of aliphatic imine (C=N–C) groups is 1. The van der Waals surface area contributed by atoms with Crippen molar-refractivity contribution >= 4 is 27.6 Å². The van der Waals surface area contributed by atoms with E-state index in [1.54, 1.807) is 30.3 Å². The van der Waals surface area contributed by atoms with E-state index in [1.807, 2.05) is 12.1 Å². The standard InChI is InChI=1S/C20H20N2O5S/c1-2-5-14-8-10-15(11-9-14)17(23)13-27-19(24)12-21-20-16-6-3-4-7-18(16)28(25,26)22-20/h3-4,6-11H,2,5,12-13H2,1H3,(H,21,22). The minimum Gasteiger partial charge on any atom is -0.456 e. The van der Waals surface area contributed by atoms with Gasteiger partial charge in [-0.2, -0.15) is 0 Å². The van der Waals surface area contributed by atoms with Crippen molar-refractivity contribution < 1.29 is 22.7 Å². The molecule has 0 radical (unpaired) electrons. The number of hydrogen-bond donors (Lipinski definition) is 1. The lowest BCUT2D eigenvalue weighted by Gasteiger charge is -2.05. The Bertz CT molecular complexity index is 1030. The van der Waals surface area contributed by atoms with Gasteiger partial charge in [0.25, 0.3) is 10.0 Å². The fraction of sp³-hybridized carbons (Fsp3) is 0.250. The zero-order valence-electron chi connectivity index (χ0n) is 15.3. The molecule has 3 rings (SSSR count). The van der Waals surface area contributed by atoms with E-state index in [-0.39, 0.29) is 23.1 Å². The van der Waals surface area contributed by atoms with Gasteiger partial charge in [-0.05, 0) is 24.1 Å². The van der Waals surface area contributed by atoms with Crippen molar-refractivity contribution in [1.29, 1.82) is 0 Å². The highest BCUT2D eigenvalue weighted by Gasteiger charge is 2.30. The second kappa shape index (κ2) is 8.35. The molecule has 0 fully saturated rings. The van der Waals surface area contributed by atoms with Crippen LogP contribution in [-0.2, 0) is 26.0 Å². The molecule has 0 saturated carbocycles. The number of esters is 1. The first kappa shape index (κ1) is 19.8. The van der Waals surface area contributed by atoms with Gasteiger partial charge >= 0.3 is 5.97 Å². The maximum atomic E-state index is 12.1. The molecule has 2 aromatic rings. The number of hydrogen-bond acceptors (Lipinski definition) is 6. The van der Waals surface area contributed by atoms with Crippen LogP contribution >= 0.6 is 0 Å². The van der Waals surface area contributed by atoms with Crippen LogP contribution in [0.5, 0.6) is 0 Å². The summed E-state index contributed by atoms with van der Waals surface area (Å²) < 4.78 is 31.3. The largest absolute Gasteiger partial charge is 0.456 e. The first-order valence-electron chi connectivity index (χ1n) is 8.85. The SMILES string of the molecule is CCCc1ccc(C(=O)COC(=O)CN=C2NS(=O)(=O)c3ccccc32)cc1. The van der Waals surface area contributed by atoms with Gasteiger partial charge in [0.15, 0.2) is 12.4 Å². The highest BCUT2D eigenvalue weighted by Crippen LogP contribution is 2.22. The summed E-state index contributed by atoms with van der Waals surface area (Å²) in [5.74, 6) is -0.937. The Morgan fingerprint density at radius 3 is 2.50 bits per heavy atom.